The van der Waals surface area contributed by atoms with Gasteiger partial charge in [0, 0.05) is 24.2 Å². The van der Waals surface area contributed by atoms with Crippen LogP contribution >= 0.6 is 0 Å². The zero-order valence-corrected chi connectivity index (χ0v) is 11.8. The second-order valence-electron chi connectivity index (χ2n) is 4.91. The minimum atomic E-state index is 0.370. The van der Waals surface area contributed by atoms with Crippen molar-refractivity contribution >= 4 is 0 Å². The Hall–Kier alpha value is -2.01. The van der Waals surface area contributed by atoms with Crippen molar-refractivity contribution in [3.8, 4) is 17.2 Å². The van der Waals surface area contributed by atoms with Crippen molar-refractivity contribution in [2.75, 3.05) is 20.8 Å². The van der Waals surface area contributed by atoms with Crippen LogP contribution < -0.4 is 14.8 Å². The zero-order valence-electron chi connectivity index (χ0n) is 11.8. The van der Waals surface area contributed by atoms with Crippen molar-refractivity contribution in [2.24, 2.45) is 0 Å². The van der Waals surface area contributed by atoms with Crippen molar-refractivity contribution in [1.82, 2.24) is 14.9 Å². The highest BCUT2D eigenvalue weighted by atomic mass is 16.5. The summed E-state index contributed by atoms with van der Waals surface area (Å²) in [5.41, 5.74) is 2.18. The van der Waals surface area contributed by atoms with Crippen LogP contribution in [0, 0.1) is 0 Å². The number of ether oxygens (including phenoxy) is 2. The molecule has 1 unspecified atom stereocenters. The topological polar surface area (TPSA) is 48.3 Å². The van der Waals surface area contributed by atoms with E-state index < -0.39 is 0 Å². The molecule has 5 nitrogen and oxygen atoms in total. The van der Waals surface area contributed by atoms with Gasteiger partial charge < -0.3 is 19.4 Å². The van der Waals surface area contributed by atoms with E-state index in [-0.39, 0.29) is 0 Å². The van der Waals surface area contributed by atoms with E-state index in [1.807, 2.05) is 30.7 Å². The molecule has 2 aromatic rings. The van der Waals surface area contributed by atoms with Gasteiger partial charge in [0.2, 0.25) is 0 Å². The summed E-state index contributed by atoms with van der Waals surface area (Å²) in [6.07, 6.45) is 6.11. The third kappa shape index (κ3) is 2.36. The summed E-state index contributed by atoms with van der Waals surface area (Å²) in [7, 11) is 3.32. The summed E-state index contributed by atoms with van der Waals surface area (Å²) in [5, 5.41) is 3.50. The van der Waals surface area contributed by atoms with Crippen molar-refractivity contribution in [1.29, 1.82) is 0 Å². The van der Waals surface area contributed by atoms with Gasteiger partial charge in [-0.15, -0.1) is 0 Å². The SMILES string of the molecule is COc1cc(OC)cc(-n2cncc2C2CCCN2)c1. The van der Waals surface area contributed by atoms with E-state index in [9.17, 15) is 0 Å². The second-order valence-corrected chi connectivity index (χ2v) is 4.91. The Labute approximate surface area is 118 Å². The van der Waals surface area contributed by atoms with Crippen LogP contribution in [-0.4, -0.2) is 30.3 Å². The average molecular weight is 273 g/mol. The molecule has 0 amide bonds. The number of hydrogen-bond acceptors (Lipinski definition) is 4. The number of nitrogens with zero attached hydrogens (tertiary/aromatic N) is 2. The number of rotatable bonds is 4. The summed E-state index contributed by atoms with van der Waals surface area (Å²) < 4.78 is 12.8. The standard InChI is InChI=1S/C15H19N3O2/c1-19-12-6-11(7-13(8-12)20-2)18-10-16-9-15(18)14-4-3-5-17-14/h6-10,14,17H,3-5H2,1-2H3. The first kappa shape index (κ1) is 13.0. The molecule has 20 heavy (non-hydrogen) atoms. The fraction of sp³-hybridized carbons (Fsp3) is 0.400. The van der Waals surface area contributed by atoms with Crippen LogP contribution in [-0.2, 0) is 0 Å². The van der Waals surface area contributed by atoms with Crippen LogP contribution in [0.15, 0.2) is 30.7 Å². The molecule has 0 saturated carbocycles. The van der Waals surface area contributed by atoms with Crippen molar-refractivity contribution in [3.05, 3.63) is 36.4 Å². The summed E-state index contributed by atoms with van der Waals surface area (Å²) in [6, 6.07) is 6.22. The van der Waals surface area contributed by atoms with Gasteiger partial charge >= 0.3 is 0 Å². The highest BCUT2D eigenvalue weighted by molar-refractivity contribution is 5.47. The Morgan fingerprint density at radius 1 is 1.20 bits per heavy atom. The molecule has 1 saturated heterocycles. The lowest BCUT2D eigenvalue weighted by Crippen LogP contribution is -2.16. The molecule has 1 aliphatic heterocycles. The monoisotopic (exact) mass is 273 g/mol. The lowest BCUT2D eigenvalue weighted by Gasteiger charge is -2.15. The maximum Gasteiger partial charge on any atom is 0.124 e. The maximum absolute atomic E-state index is 5.33. The number of aromatic nitrogens is 2. The molecule has 1 atom stereocenters. The molecule has 1 aromatic carbocycles. The minimum absolute atomic E-state index is 0.370. The molecular formula is C15H19N3O2. The van der Waals surface area contributed by atoms with Gasteiger partial charge in [-0.25, -0.2) is 4.98 Å². The third-order valence-corrected chi connectivity index (χ3v) is 3.70. The molecule has 5 heteroatoms. The van der Waals surface area contributed by atoms with Crippen LogP contribution in [0.5, 0.6) is 11.5 Å². The largest absolute Gasteiger partial charge is 0.497 e. The number of nitrogens with one attached hydrogen (secondary N) is 1. The Bertz CT molecular complexity index is 566. The molecule has 0 aliphatic carbocycles. The van der Waals surface area contributed by atoms with Gasteiger partial charge in [-0.05, 0) is 19.4 Å². The van der Waals surface area contributed by atoms with E-state index in [1.165, 1.54) is 12.1 Å². The zero-order chi connectivity index (χ0) is 13.9. The average Bonchev–Trinajstić information content (AvgIpc) is 3.16. The number of imidazole rings is 1. The fourth-order valence-electron chi connectivity index (χ4n) is 2.65. The fourth-order valence-corrected chi connectivity index (χ4v) is 2.65. The summed E-state index contributed by atoms with van der Waals surface area (Å²) >= 11 is 0. The number of benzene rings is 1. The number of hydrogen-bond donors (Lipinski definition) is 1. The van der Waals surface area contributed by atoms with Gasteiger partial charge in [-0.2, -0.15) is 0 Å². The van der Waals surface area contributed by atoms with Crippen molar-refractivity contribution in [3.63, 3.8) is 0 Å². The van der Waals surface area contributed by atoms with Crippen molar-refractivity contribution in [2.45, 2.75) is 18.9 Å². The van der Waals surface area contributed by atoms with E-state index in [0.717, 1.165) is 30.2 Å². The van der Waals surface area contributed by atoms with E-state index in [1.54, 1.807) is 14.2 Å². The predicted octanol–water partition coefficient (Wildman–Crippen LogP) is 2.31. The first-order valence-corrected chi connectivity index (χ1v) is 6.81. The summed E-state index contributed by atoms with van der Waals surface area (Å²) in [4.78, 5) is 4.30. The Kier molecular flexibility index (Phi) is 3.60. The van der Waals surface area contributed by atoms with Gasteiger partial charge in [0.25, 0.3) is 0 Å². The lowest BCUT2D eigenvalue weighted by atomic mass is 10.1. The minimum Gasteiger partial charge on any atom is -0.497 e. The molecule has 106 valence electrons. The molecule has 2 heterocycles. The maximum atomic E-state index is 5.33. The Morgan fingerprint density at radius 2 is 1.95 bits per heavy atom. The van der Waals surface area contributed by atoms with E-state index in [0.29, 0.717) is 6.04 Å². The van der Waals surface area contributed by atoms with Crippen LogP contribution in [0.25, 0.3) is 5.69 Å². The van der Waals surface area contributed by atoms with Crippen LogP contribution in [0.2, 0.25) is 0 Å². The van der Waals surface area contributed by atoms with Gasteiger partial charge in [-0.3, -0.25) is 0 Å². The first-order valence-electron chi connectivity index (χ1n) is 6.81. The molecule has 1 aliphatic rings. The molecule has 1 aromatic heterocycles. The van der Waals surface area contributed by atoms with Crippen LogP contribution in [0.4, 0.5) is 0 Å². The first-order chi connectivity index (χ1) is 9.81. The molecular weight excluding hydrogens is 254 g/mol. The van der Waals surface area contributed by atoms with E-state index in [2.05, 4.69) is 14.9 Å². The molecule has 1 fully saturated rings. The highest BCUT2D eigenvalue weighted by Gasteiger charge is 2.20. The highest BCUT2D eigenvalue weighted by Crippen LogP contribution is 2.29. The Balaban J connectivity index is 2.02. The predicted molar refractivity (Wildman–Crippen MR) is 76.6 cm³/mol. The van der Waals surface area contributed by atoms with Crippen LogP contribution in [0.1, 0.15) is 24.6 Å². The van der Waals surface area contributed by atoms with Gasteiger partial charge in [0.15, 0.2) is 0 Å². The molecule has 1 N–H and O–H groups in total. The van der Waals surface area contributed by atoms with E-state index in [4.69, 9.17) is 9.47 Å². The van der Waals surface area contributed by atoms with E-state index >= 15 is 0 Å². The van der Waals surface area contributed by atoms with Gasteiger partial charge in [0.1, 0.15) is 11.5 Å². The third-order valence-electron chi connectivity index (χ3n) is 3.70. The van der Waals surface area contributed by atoms with Gasteiger partial charge in [-0.1, -0.05) is 0 Å². The smallest absolute Gasteiger partial charge is 0.124 e. The van der Waals surface area contributed by atoms with Gasteiger partial charge in [0.05, 0.1) is 38.1 Å². The summed E-state index contributed by atoms with van der Waals surface area (Å²) in [5.74, 6) is 1.55. The molecule has 3 rings (SSSR count). The summed E-state index contributed by atoms with van der Waals surface area (Å²) in [6.45, 7) is 1.07. The Morgan fingerprint density at radius 3 is 2.55 bits per heavy atom. The lowest BCUT2D eigenvalue weighted by molar-refractivity contribution is 0.394. The molecule has 0 radical (unpaired) electrons. The second kappa shape index (κ2) is 5.54. The number of methoxy groups -OCH3 is 2. The molecule has 0 bridgehead atoms. The van der Waals surface area contributed by atoms with Crippen LogP contribution in [0.3, 0.4) is 0 Å². The normalized spacial score (nSPS) is 18.2. The quantitative estimate of drug-likeness (QED) is 0.928. The van der Waals surface area contributed by atoms with Crippen molar-refractivity contribution < 1.29 is 9.47 Å². The molecule has 0 spiro atoms.